The molecule has 1 saturated heterocycles. The quantitative estimate of drug-likeness (QED) is 0.901. The van der Waals surface area contributed by atoms with E-state index in [4.69, 9.17) is 4.74 Å². The lowest BCUT2D eigenvalue weighted by Gasteiger charge is -2.27. The first kappa shape index (κ1) is 18.1. The number of benzene rings is 1. The number of ether oxygens (including phenoxy) is 1. The molecule has 0 saturated carbocycles. The highest BCUT2D eigenvalue weighted by Gasteiger charge is 2.32. The van der Waals surface area contributed by atoms with Crippen molar-refractivity contribution in [1.82, 2.24) is 14.9 Å². The van der Waals surface area contributed by atoms with Crippen LogP contribution in [0.1, 0.15) is 21.6 Å². The van der Waals surface area contributed by atoms with E-state index in [1.165, 1.54) is 0 Å². The van der Waals surface area contributed by atoms with Crippen molar-refractivity contribution in [2.45, 2.75) is 12.7 Å². The Morgan fingerprint density at radius 2 is 2.00 bits per heavy atom. The van der Waals surface area contributed by atoms with Crippen LogP contribution in [0.2, 0.25) is 0 Å². The second kappa shape index (κ2) is 7.69. The molecule has 1 aromatic carbocycles. The van der Waals surface area contributed by atoms with Crippen LogP contribution >= 0.6 is 0 Å². The summed E-state index contributed by atoms with van der Waals surface area (Å²) in [5.41, 5.74) is 0.257. The first-order chi connectivity index (χ1) is 12.4. The van der Waals surface area contributed by atoms with E-state index in [1.54, 1.807) is 29.2 Å². The zero-order valence-electron chi connectivity index (χ0n) is 13.8. The number of hydrogen-bond acceptors (Lipinski definition) is 5. The van der Waals surface area contributed by atoms with E-state index in [2.05, 4.69) is 15.3 Å². The summed E-state index contributed by atoms with van der Waals surface area (Å²) >= 11 is 0. The summed E-state index contributed by atoms with van der Waals surface area (Å²) in [6, 6.07) is 7.74. The van der Waals surface area contributed by atoms with Gasteiger partial charge in [0.15, 0.2) is 0 Å². The van der Waals surface area contributed by atoms with Crippen molar-refractivity contribution in [1.29, 1.82) is 0 Å². The number of hydrogen-bond donors (Lipinski definition) is 1. The van der Waals surface area contributed by atoms with Gasteiger partial charge in [0.05, 0.1) is 13.2 Å². The smallest absolute Gasteiger partial charge is 0.378 e. The number of anilines is 1. The van der Waals surface area contributed by atoms with E-state index in [0.717, 1.165) is 17.8 Å². The Hall–Kier alpha value is -2.68. The fourth-order valence-electron chi connectivity index (χ4n) is 2.55. The van der Waals surface area contributed by atoms with Crippen LogP contribution in [-0.2, 0) is 17.5 Å². The number of alkyl halides is 3. The molecule has 0 radical (unpaired) electrons. The van der Waals surface area contributed by atoms with E-state index in [1.807, 2.05) is 0 Å². The van der Waals surface area contributed by atoms with Crippen LogP contribution in [0.15, 0.2) is 36.5 Å². The van der Waals surface area contributed by atoms with Gasteiger partial charge in [-0.2, -0.15) is 13.2 Å². The third-order valence-electron chi connectivity index (χ3n) is 3.87. The molecule has 0 aliphatic carbocycles. The number of carbonyl (C=O) groups is 1. The monoisotopic (exact) mass is 366 g/mol. The van der Waals surface area contributed by atoms with Gasteiger partial charge < -0.3 is 15.0 Å². The SMILES string of the molecule is O=C(c1cccc(CNc2nccc(C(F)(F)F)n2)c1)N1CCOCC1. The van der Waals surface area contributed by atoms with Crippen LogP contribution in [0, 0.1) is 0 Å². The Bertz CT molecular complexity index is 777. The van der Waals surface area contributed by atoms with E-state index in [0.29, 0.717) is 31.9 Å². The highest BCUT2D eigenvalue weighted by atomic mass is 19.4. The van der Waals surface area contributed by atoms with Gasteiger partial charge in [-0.1, -0.05) is 12.1 Å². The molecule has 1 aliphatic rings. The van der Waals surface area contributed by atoms with Gasteiger partial charge in [-0.15, -0.1) is 0 Å². The predicted molar refractivity (Wildman–Crippen MR) is 87.5 cm³/mol. The molecule has 6 nitrogen and oxygen atoms in total. The van der Waals surface area contributed by atoms with Crippen molar-refractivity contribution in [3.8, 4) is 0 Å². The maximum atomic E-state index is 12.7. The van der Waals surface area contributed by atoms with Crippen LogP contribution in [0.4, 0.5) is 19.1 Å². The predicted octanol–water partition coefficient (Wildman–Crippen LogP) is 2.58. The van der Waals surface area contributed by atoms with Crippen molar-refractivity contribution < 1.29 is 22.7 Å². The molecule has 1 amide bonds. The number of carbonyl (C=O) groups excluding carboxylic acids is 1. The summed E-state index contributed by atoms with van der Waals surface area (Å²) in [6.45, 7) is 2.31. The molecule has 2 aromatic rings. The second-order valence-electron chi connectivity index (χ2n) is 5.72. The molecule has 1 N–H and O–H groups in total. The lowest BCUT2D eigenvalue weighted by Crippen LogP contribution is -2.40. The molecule has 138 valence electrons. The second-order valence-corrected chi connectivity index (χ2v) is 5.72. The molecule has 1 aromatic heterocycles. The van der Waals surface area contributed by atoms with Crippen molar-refractivity contribution in [2.24, 2.45) is 0 Å². The van der Waals surface area contributed by atoms with Crippen LogP contribution in [0.25, 0.3) is 0 Å². The van der Waals surface area contributed by atoms with Crippen LogP contribution in [0.3, 0.4) is 0 Å². The number of nitrogens with one attached hydrogen (secondary N) is 1. The van der Waals surface area contributed by atoms with Gasteiger partial charge in [-0.25, -0.2) is 9.97 Å². The summed E-state index contributed by atoms with van der Waals surface area (Å²) in [6.07, 6.45) is -3.47. The third kappa shape index (κ3) is 4.48. The normalized spacial score (nSPS) is 15.0. The van der Waals surface area contributed by atoms with Gasteiger partial charge >= 0.3 is 6.18 Å². The Morgan fingerprint density at radius 3 is 2.73 bits per heavy atom. The zero-order valence-corrected chi connectivity index (χ0v) is 13.8. The summed E-state index contributed by atoms with van der Waals surface area (Å²) in [4.78, 5) is 21.4. The molecule has 0 spiro atoms. The van der Waals surface area contributed by atoms with Crippen molar-refractivity contribution >= 4 is 11.9 Å². The number of rotatable bonds is 4. The Kier molecular flexibility index (Phi) is 5.36. The molecule has 3 rings (SSSR count). The van der Waals surface area contributed by atoms with Gasteiger partial charge in [-0.05, 0) is 23.8 Å². The highest BCUT2D eigenvalue weighted by molar-refractivity contribution is 5.94. The summed E-state index contributed by atoms with van der Waals surface area (Å²) in [5.74, 6) is -0.213. The van der Waals surface area contributed by atoms with E-state index in [-0.39, 0.29) is 18.4 Å². The molecule has 0 atom stereocenters. The minimum absolute atomic E-state index is 0.0922. The van der Waals surface area contributed by atoms with Crippen molar-refractivity contribution in [2.75, 3.05) is 31.6 Å². The van der Waals surface area contributed by atoms with Gasteiger partial charge in [0.25, 0.3) is 5.91 Å². The minimum Gasteiger partial charge on any atom is -0.378 e. The molecular weight excluding hydrogens is 349 g/mol. The molecule has 2 heterocycles. The van der Waals surface area contributed by atoms with E-state index < -0.39 is 11.9 Å². The molecule has 1 aliphatic heterocycles. The highest BCUT2D eigenvalue weighted by Crippen LogP contribution is 2.27. The number of halogens is 3. The number of nitrogens with zero attached hydrogens (tertiary/aromatic N) is 3. The Balaban J connectivity index is 1.66. The molecule has 1 fully saturated rings. The summed E-state index contributed by atoms with van der Waals surface area (Å²) in [7, 11) is 0. The van der Waals surface area contributed by atoms with Gasteiger partial charge in [0.2, 0.25) is 5.95 Å². The van der Waals surface area contributed by atoms with Crippen molar-refractivity contribution in [3.05, 3.63) is 53.3 Å². The van der Waals surface area contributed by atoms with Crippen LogP contribution in [-0.4, -0.2) is 47.1 Å². The minimum atomic E-state index is -4.52. The van der Waals surface area contributed by atoms with Crippen LogP contribution < -0.4 is 5.32 Å². The first-order valence-corrected chi connectivity index (χ1v) is 8.03. The standard InChI is InChI=1S/C17H17F3N4O2/c18-17(19,20)14-4-5-21-16(23-14)22-11-12-2-1-3-13(10-12)15(25)24-6-8-26-9-7-24/h1-5,10H,6-9,11H2,(H,21,22,23). The maximum absolute atomic E-state index is 12.7. The molecular formula is C17H17F3N4O2. The van der Waals surface area contributed by atoms with Gasteiger partial charge in [0, 0.05) is 31.4 Å². The largest absolute Gasteiger partial charge is 0.433 e. The first-order valence-electron chi connectivity index (χ1n) is 8.03. The number of amides is 1. The lowest BCUT2D eigenvalue weighted by molar-refractivity contribution is -0.141. The number of morpholine rings is 1. The third-order valence-corrected chi connectivity index (χ3v) is 3.87. The van der Waals surface area contributed by atoms with Gasteiger partial charge in [-0.3, -0.25) is 4.79 Å². The summed E-state index contributed by atoms with van der Waals surface area (Å²) in [5, 5.41) is 2.75. The topological polar surface area (TPSA) is 67.4 Å². The van der Waals surface area contributed by atoms with Gasteiger partial charge in [0.1, 0.15) is 5.69 Å². The maximum Gasteiger partial charge on any atom is 0.433 e. The average Bonchev–Trinajstić information content (AvgIpc) is 2.66. The average molecular weight is 366 g/mol. The molecule has 0 bridgehead atoms. The Labute approximate surface area is 148 Å². The van der Waals surface area contributed by atoms with Crippen molar-refractivity contribution in [3.63, 3.8) is 0 Å². The molecule has 26 heavy (non-hydrogen) atoms. The van der Waals surface area contributed by atoms with E-state index >= 15 is 0 Å². The van der Waals surface area contributed by atoms with Crippen LogP contribution in [0.5, 0.6) is 0 Å². The lowest BCUT2D eigenvalue weighted by atomic mass is 10.1. The Morgan fingerprint density at radius 1 is 1.23 bits per heavy atom. The zero-order chi connectivity index (χ0) is 18.6. The van der Waals surface area contributed by atoms with E-state index in [9.17, 15) is 18.0 Å². The molecule has 9 heteroatoms. The fourth-order valence-corrected chi connectivity index (χ4v) is 2.55. The number of aromatic nitrogens is 2. The summed E-state index contributed by atoms with van der Waals surface area (Å²) < 4.78 is 43.3. The molecule has 0 unspecified atom stereocenters. The fraction of sp³-hybridized carbons (Fsp3) is 0.353.